The van der Waals surface area contributed by atoms with Crippen LogP contribution < -0.4 is 0 Å². The van der Waals surface area contributed by atoms with E-state index in [0.717, 1.165) is 41.8 Å². The van der Waals surface area contributed by atoms with Crippen LogP contribution >= 0.6 is 0 Å². The van der Waals surface area contributed by atoms with Crippen LogP contribution in [0, 0.1) is 24.2 Å². The molecular weight excluding hydrogens is 439 g/mol. The maximum atomic E-state index is 15.1. The van der Waals surface area contributed by atoms with E-state index in [2.05, 4.69) is 22.8 Å². The summed E-state index contributed by atoms with van der Waals surface area (Å²) in [7, 11) is 0. The fourth-order valence-corrected chi connectivity index (χ4v) is 6.19. The van der Waals surface area contributed by atoms with Gasteiger partial charge in [0.1, 0.15) is 5.82 Å². The molecule has 2 heterocycles. The summed E-state index contributed by atoms with van der Waals surface area (Å²) in [6.45, 7) is 11.8. The lowest BCUT2D eigenvalue weighted by Gasteiger charge is -2.48. The Morgan fingerprint density at radius 3 is 2.69 bits per heavy atom. The number of allylic oxidation sites excluding steroid dienone is 2. The lowest BCUT2D eigenvalue weighted by molar-refractivity contribution is 0.135. The standard InChI is InChI=1S/C29H27FN4O/c1-16-21-11-10-20-25(19-6-4-5-7-22(19)30)33-28(18-12-13-32-23(14-18)17-8-9-17)34-27(20)29(21,2)15-24(31-3)26(16)35/h4-7,12-14,16-17,21,35H,8-11,15H2,1-2H3/t16-,21-,29-/m1/s1. The third-order valence-electron chi connectivity index (χ3n) is 8.24. The predicted molar refractivity (Wildman–Crippen MR) is 132 cm³/mol. The summed E-state index contributed by atoms with van der Waals surface area (Å²) in [5.41, 5.74) is 4.80. The van der Waals surface area contributed by atoms with Crippen LogP contribution in [-0.2, 0) is 11.8 Å². The van der Waals surface area contributed by atoms with Gasteiger partial charge in [0.05, 0.1) is 23.7 Å². The number of hydrogen-bond donors (Lipinski definition) is 1. The summed E-state index contributed by atoms with van der Waals surface area (Å²) in [6.07, 6.45) is 6.05. The molecule has 1 saturated carbocycles. The van der Waals surface area contributed by atoms with Crippen LogP contribution in [0.2, 0.25) is 0 Å². The van der Waals surface area contributed by atoms with Gasteiger partial charge in [-0.2, -0.15) is 0 Å². The quantitative estimate of drug-likeness (QED) is 0.433. The van der Waals surface area contributed by atoms with Gasteiger partial charge in [-0.15, -0.1) is 0 Å². The minimum atomic E-state index is -0.455. The summed E-state index contributed by atoms with van der Waals surface area (Å²) in [6, 6.07) is 10.7. The smallest absolute Gasteiger partial charge is 0.203 e. The van der Waals surface area contributed by atoms with E-state index < -0.39 is 5.41 Å². The number of fused-ring (bicyclic) bond motifs is 3. The molecule has 0 unspecified atom stereocenters. The van der Waals surface area contributed by atoms with Gasteiger partial charge in [-0.1, -0.05) is 26.0 Å². The lowest BCUT2D eigenvalue weighted by Crippen LogP contribution is -2.45. The number of rotatable bonds is 3. The molecule has 176 valence electrons. The fourth-order valence-electron chi connectivity index (χ4n) is 6.19. The lowest BCUT2D eigenvalue weighted by atomic mass is 9.57. The minimum Gasteiger partial charge on any atom is -0.523 e. The van der Waals surface area contributed by atoms with Crippen LogP contribution in [0.4, 0.5) is 4.39 Å². The highest BCUT2D eigenvalue weighted by atomic mass is 19.1. The molecule has 3 aromatic rings. The molecule has 0 spiro atoms. The number of benzene rings is 1. The summed E-state index contributed by atoms with van der Waals surface area (Å²) in [4.78, 5) is 18.3. The maximum Gasteiger partial charge on any atom is 0.203 e. The molecule has 6 heteroatoms. The van der Waals surface area contributed by atoms with Gasteiger partial charge < -0.3 is 5.11 Å². The molecule has 0 aliphatic heterocycles. The first-order valence-corrected chi connectivity index (χ1v) is 12.3. The molecule has 5 nitrogen and oxygen atoms in total. The highest BCUT2D eigenvalue weighted by molar-refractivity contribution is 5.70. The average molecular weight is 467 g/mol. The molecule has 35 heavy (non-hydrogen) atoms. The van der Waals surface area contributed by atoms with E-state index in [1.54, 1.807) is 18.3 Å². The normalized spacial score (nSPS) is 25.5. The number of nitrogens with zero attached hydrogens (tertiary/aromatic N) is 4. The molecule has 1 fully saturated rings. The second-order valence-electron chi connectivity index (χ2n) is 10.4. The highest BCUT2D eigenvalue weighted by Crippen LogP contribution is 2.54. The Kier molecular flexibility index (Phi) is 5.00. The van der Waals surface area contributed by atoms with Gasteiger partial charge in [0.25, 0.3) is 0 Å². The van der Waals surface area contributed by atoms with Gasteiger partial charge in [0.2, 0.25) is 5.70 Å². The Morgan fingerprint density at radius 2 is 1.94 bits per heavy atom. The number of hydrogen-bond acceptors (Lipinski definition) is 4. The molecule has 0 amide bonds. The number of halogens is 1. The van der Waals surface area contributed by atoms with Gasteiger partial charge in [0.15, 0.2) is 5.82 Å². The molecule has 6 rings (SSSR count). The third-order valence-corrected chi connectivity index (χ3v) is 8.24. The van der Waals surface area contributed by atoms with Crippen molar-refractivity contribution in [1.82, 2.24) is 15.0 Å². The molecule has 1 aromatic carbocycles. The molecule has 3 atom stereocenters. The molecular formula is C29H27FN4O. The molecule has 0 saturated heterocycles. The van der Waals surface area contributed by atoms with Crippen molar-refractivity contribution in [3.05, 3.63) is 88.2 Å². The number of aliphatic hydroxyl groups excluding tert-OH is 1. The van der Waals surface area contributed by atoms with Crippen molar-refractivity contribution in [2.45, 2.75) is 57.3 Å². The number of aromatic nitrogens is 3. The van der Waals surface area contributed by atoms with E-state index in [1.807, 2.05) is 19.1 Å². The first-order valence-electron chi connectivity index (χ1n) is 12.3. The van der Waals surface area contributed by atoms with Crippen molar-refractivity contribution in [2.24, 2.45) is 11.8 Å². The largest absolute Gasteiger partial charge is 0.523 e. The Balaban J connectivity index is 1.60. The zero-order chi connectivity index (χ0) is 24.3. The van der Waals surface area contributed by atoms with Crippen LogP contribution in [0.15, 0.2) is 54.1 Å². The molecule has 1 N–H and O–H groups in total. The van der Waals surface area contributed by atoms with Crippen molar-refractivity contribution < 1.29 is 9.50 Å². The van der Waals surface area contributed by atoms with Crippen LogP contribution in [-0.4, -0.2) is 20.1 Å². The van der Waals surface area contributed by atoms with Crippen molar-refractivity contribution in [2.75, 3.05) is 0 Å². The van der Waals surface area contributed by atoms with Gasteiger partial charge in [-0.3, -0.25) is 4.98 Å². The van der Waals surface area contributed by atoms with E-state index in [1.165, 1.54) is 6.07 Å². The van der Waals surface area contributed by atoms with Gasteiger partial charge in [-0.05, 0) is 62.3 Å². The van der Waals surface area contributed by atoms with Crippen molar-refractivity contribution in [1.29, 1.82) is 0 Å². The Morgan fingerprint density at radius 1 is 1.14 bits per heavy atom. The maximum absolute atomic E-state index is 15.1. The zero-order valence-corrected chi connectivity index (χ0v) is 19.9. The molecule has 2 aromatic heterocycles. The second kappa shape index (κ2) is 7.98. The SMILES string of the molecule is [C-]#[N+]C1=C(O)[C@H](C)[C@H]2CCc3c(-c4ccccc4F)nc(-c4ccnc(C5CC5)c4)nc3[C@]2(C)C1. The average Bonchev–Trinajstić information content (AvgIpc) is 3.72. The van der Waals surface area contributed by atoms with Crippen LogP contribution in [0.1, 0.15) is 62.4 Å². The Bertz CT molecular complexity index is 1420. The van der Waals surface area contributed by atoms with Gasteiger partial charge >= 0.3 is 0 Å². The van der Waals surface area contributed by atoms with E-state index in [9.17, 15) is 5.11 Å². The summed E-state index contributed by atoms with van der Waals surface area (Å²) >= 11 is 0. The van der Waals surface area contributed by atoms with Crippen LogP contribution in [0.25, 0.3) is 27.5 Å². The fraction of sp³-hybridized carbons (Fsp3) is 0.379. The highest BCUT2D eigenvalue weighted by Gasteiger charge is 2.50. The molecule has 3 aliphatic rings. The summed E-state index contributed by atoms with van der Waals surface area (Å²) < 4.78 is 15.1. The third kappa shape index (κ3) is 3.44. The minimum absolute atomic E-state index is 0.135. The number of aliphatic hydroxyl groups is 1. The van der Waals surface area contributed by atoms with E-state index in [4.69, 9.17) is 16.5 Å². The van der Waals surface area contributed by atoms with Crippen LogP contribution in [0.3, 0.4) is 0 Å². The molecule has 3 aliphatic carbocycles. The summed E-state index contributed by atoms with van der Waals surface area (Å²) in [5, 5.41) is 10.7. The number of pyridine rings is 1. The Hall–Kier alpha value is -3.59. The van der Waals surface area contributed by atoms with Crippen LogP contribution in [0.5, 0.6) is 0 Å². The van der Waals surface area contributed by atoms with E-state index in [-0.39, 0.29) is 23.4 Å². The van der Waals surface area contributed by atoms with E-state index in [0.29, 0.717) is 41.5 Å². The van der Waals surface area contributed by atoms with Gasteiger partial charge in [0, 0.05) is 45.8 Å². The first kappa shape index (κ1) is 21.9. The second-order valence-corrected chi connectivity index (χ2v) is 10.4. The summed E-state index contributed by atoms with van der Waals surface area (Å²) in [5.74, 6) is 0.951. The van der Waals surface area contributed by atoms with Gasteiger partial charge in [-0.25, -0.2) is 19.2 Å². The molecule has 0 bridgehead atoms. The van der Waals surface area contributed by atoms with Crippen molar-refractivity contribution in [3.8, 4) is 22.6 Å². The molecule has 0 radical (unpaired) electrons. The van der Waals surface area contributed by atoms with E-state index >= 15 is 4.39 Å². The topological polar surface area (TPSA) is 63.3 Å². The first-order chi connectivity index (χ1) is 16.9. The predicted octanol–water partition coefficient (Wildman–Crippen LogP) is 6.77. The zero-order valence-electron chi connectivity index (χ0n) is 19.9. The van der Waals surface area contributed by atoms with Crippen molar-refractivity contribution >= 4 is 0 Å². The Labute approximate surface area is 204 Å². The van der Waals surface area contributed by atoms with Crippen molar-refractivity contribution in [3.63, 3.8) is 0 Å². The monoisotopic (exact) mass is 466 g/mol.